The van der Waals surface area contributed by atoms with Gasteiger partial charge in [0.15, 0.2) is 5.82 Å². The largest absolute Gasteiger partial charge is 0.363 e. The van der Waals surface area contributed by atoms with Gasteiger partial charge in [0.05, 0.1) is 29.7 Å². The summed E-state index contributed by atoms with van der Waals surface area (Å²) in [6, 6.07) is 1.77. The summed E-state index contributed by atoms with van der Waals surface area (Å²) in [5.41, 5.74) is 1.51. The molecule has 28 heavy (non-hydrogen) atoms. The number of carbonyl (C=O) groups excluding carboxylic acids is 1. The minimum atomic E-state index is -0.569. The van der Waals surface area contributed by atoms with Crippen LogP contribution in [-0.4, -0.2) is 54.0 Å². The standard InChI is InChI=1S/C18H20N6O4/c1-10-6-12(14-11(2)21-28-15(14)19-10)16(25)23-5-4-18(8-23)9-24-13(7-27-18)20-22(3)17(24)26/h6H,4-5,7-9H2,1-3H3. The number of aryl methyl sites for hydroxylation is 3. The number of hydrogen-bond donors (Lipinski definition) is 0. The van der Waals surface area contributed by atoms with Crippen molar-refractivity contribution in [3.05, 3.63) is 39.3 Å². The third kappa shape index (κ3) is 2.40. The molecule has 0 saturated carbocycles. The van der Waals surface area contributed by atoms with E-state index in [9.17, 15) is 9.59 Å². The van der Waals surface area contributed by atoms with Crippen molar-refractivity contribution in [2.75, 3.05) is 13.1 Å². The van der Waals surface area contributed by atoms with Crippen LogP contribution in [0.5, 0.6) is 0 Å². The van der Waals surface area contributed by atoms with Gasteiger partial charge in [0, 0.05) is 19.3 Å². The van der Waals surface area contributed by atoms with Crippen LogP contribution in [0, 0.1) is 13.8 Å². The van der Waals surface area contributed by atoms with Crippen molar-refractivity contribution in [1.29, 1.82) is 0 Å². The molecule has 0 aromatic carbocycles. The van der Waals surface area contributed by atoms with Crippen LogP contribution in [0.15, 0.2) is 15.4 Å². The summed E-state index contributed by atoms with van der Waals surface area (Å²) in [6.45, 7) is 5.25. The lowest BCUT2D eigenvalue weighted by Crippen LogP contribution is -2.47. The number of pyridine rings is 1. The Labute approximate surface area is 159 Å². The zero-order valence-electron chi connectivity index (χ0n) is 15.9. The van der Waals surface area contributed by atoms with Crippen LogP contribution < -0.4 is 5.69 Å². The highest BCUT2D eigenvalue weighted by Crippen LogP contribution is 2.33. The predicted molar refractivity (Wildman–Crippen MR) is 96.8 cm³/mol. The monoisotopic (exact) mass is 384 g/mol. The van der Waals surface area contributed by atoms with E-state index >= 15 is 0 Å². The van der Waals surface area contributed by atoms with Crippen molar-refractivity contribution in [3.8, 4) is 0 Å². The Hall–Kier alpha value is -3.01. The van der Waals surface area contributed by atoms with Crippen LogP contribution in [0.4, 0.5) is 0 Å². The molecule has 1 atom stereocenters. The fourth-order valence-corrected chi connectivity index (χ4v) is 4.19. The Bertz CT molecular complexity index is 1170. The second-order valence-corrected chi connectivity index (χ2v) is 7.62. The second-order valence-electron chi connectivity index (χ2n) is 7.62. The molecule has 5 heterocycles. The van der Waals surface area contributed by atoms with Crippen LogP contribution >= 0.6 is 0 Å². The van der Waals surface area contributed by atoms with Gasteiger partial charge in [-0.1, -0.05) is 5.16 Å². The van der Waals surface area contributed by atoms with E-state index in [0.717, 1.165) is 0 Å². The van der Waals surface area contributed by atoms with Gasteiger partial charge in [0.1, 0.15) is 12.2 Å². The van der Waals surface area contributed by atoms with Gasteiger partial charge in [0.25, 0.3) is 11.6 Å². The number of likely N-dealkylation sites (tertiary alicyclic amines) is 1. The number of hydrogen-bond acceptors (Lipinski definition) is 7. The summed E-state index contributed by atoms with van der Waals surface area (Å²) in [6.07, 6.45) is 0.662. The number of rotatable bonds is 1. The maximum atomic E-state index is 13.3. The fraction of sp³-hybridized carbons (Fsp3) is 0.500. The molecule has 146 valence electrons. The normalized spacial score (nSPS) is 21.6. The highest BCUT2D eigenvalue weighted by molar-refractivity contribution is 6.06. The van der Waals surface area contributed by atoms with Crippen LogP contribution in [0.25, 0.3) is 11.1 Å². The molecule has 5 rings (SSSR count). The molecule has 10 heteroatoms. The van der Waals surface area contributed by atoms with E-state index in [4.69, 9.17) is 9.26 Å². The molecular weight excluding hydrogens is 364 g/mol. The van der Waals surface area contributed by atoms with Gasteiger partial charge in [-0.25, -0.2) is 14.5 Å². The first-order chi connectivity index (χ1) is 13.4. The Kier molecular flexibility index (Phi) is 3.51. The third-order valence-corrected chi connectivity index (χ3v) is 5.62. The first-order valence-electron chi connectivity index (χ1n) is 9.16. The Morgan fingerprint density at radius 3 is 2.93 bits per heavy atom. The van der Waals surface area contributed by atoms with E-state index in [2.05, 4.69) is 15.2 Å². The summed E-state index contributed by atoms with van der Waals surface area (Å²) >= 11 is 0. The van der Waals surface area contributed by atoms with E-state index in [1.54, 1.807) is 29.5 Å². The number of nitrogens with zero attached hydrogens (tertiary/aromatic N) is 6. The van der Waals surface area contributed by atoms with Crippen molar-refractivity contribution in [3.63, 3.8) is 0 Å². The molecule has 2 aliphatic rings. The van der Waals surface area contributed by atoms with Crippen molar-refractivity contribution in [1.82, 2.24) is 29.4 Å². The van der Waals surface area contributed by atoms with Crippen LogP contribution in [0.1, 0.15) is 34.0 Å². The van der Waals surface area contributed by atoms with Gasteiger partial charge in [-0.3, -0.25) is 9.36 Å². The van der Waals surface area contributed by atoms with Crippen molar-refractivity contribution < 1.29 is 14.1 Å². The molecule has 1 unspecified atom stereocenters. The van der Waals surface area contributed by atoms with Gasteiger partial charge >= 0.3 is 5.69 Å². The first kappa shape index (κ1) is 17.1. The quantitative estimate of drug-likeness (QED) is 0.603. The fourth-order valence-electron chi connectivity index (χ4n) is 4.19. The van der Waals surface area contributed by atoms with Gasteiger partial charge in [-0.05, 0) is 26.3 Å². The molecular formula is C18H20N6O4. The van der Waals surface area contributed by atoms with Crippen LogP contribution in [-0.2, 0) is 24.9 Å². The molecule has 0 radical (unpaired) electrons. The first-order valence-corrected chi connectivity index (χ1v) is 9.16. The van der Waals surface area contributed by atoms with E-state index in [0.29, 0.717) is 59.9 Å². The Balaban J connectivity index is 1.46. The van der Waals surface area contributed by atoms with E-state index in [-0.39, 0.29) is 18.2 Å². The Morgan fingerprint density at radius 1 is 1.29 bits per heavy atom. The molecule has 0 N–H and O–H groups in total. The lowest BCUT2D eigenvalue weighted by molar-refractivity contribution is -0.0816. The van der Waals surface area contributed by atoms with E-state index in [1.165, 1.54) is 4.68 Å². The Morgan fingerprint density at radius 2 is 2.11 bits per heavy atom. The van der Waals surface area contributed by atoms with Crippen molar-refractivity contribution in [2.45, 2.75) is 39.0 Å². The zero-order chi connectivity index (χ0) is 19.6. The minimum Gasteiger partial charge on any atom is -0.363 e. The maximum Gasteiger partial charge on any atom is 0.345 e. The lowest BCUT2D eigenvalue weighted by Gasteiger charge is -2.33. The molecule has 1 saturated heterocycles. The highest BCUT2D eigenvalue weighted by atomic mass is 16.5. The predicted octanol–water partition coefficient (Wildman–Crippen LogP) is 0.550. The van der Waals surface area contributed by atoms with E-state index in [1.807, 2.05) is 6.92 Å². The SMILES string of the molecule is Cc1cc(C(=O)N2CCC3(C2)Cn2c(nn(C)c2=O)CO3)c2c(C)noc2n1. The average Bonchev–Trinajstić information content (AvgIpc) is 3.33. The molecule has 2 aliphatic heterocycles. The zero-order valence-corrected chi connectivity index (χ0v) is 15.9. The maximum absolute atomic E-state index is 13.3. The van der Waals surface area contributed by atoms with Crippen LogP contribution in [0.2, 0.25) is 0 Å². The molecule has 3 aromatic rings. The lowest BCUT2D eigenvalue weighted by atomic mass is 10.0. The van der Waals surface area contributed by atoms with E-state index < -0.39 is 5.60 Å². The van der Waals surface area contributed by atoms with Crippen molar-refractivity contribution >= 4 is 17.0 Å². The molecule has 1 spiro atoms. The molecule has 3 aromatic heterocycles. The topological polar surface area (TPSA) is 108 Å². The van der Waals surface area contributed by atoms with Crippen molar-refractivity contribution in [2.24, 2.45) is 7.05 Å². The summed E-state index contributed by atoms with van der Waals surface area (Å²) in [4.78, 5) is 31.7. The minimum absolute atomic E-state index is 0.105. The molecule has 1 amide bonds. The number of carbonyl (C=O) groups is 1. The summed E-state index contributed by atoms with van der Waals surface area (Å²) in [5.74, 6) is 0.515. The summed E-state index contributed by atoms with van der Waals surface area (Å²) in [7, 11) is 1.63. The third-order valence-electron chi connectivity index (χ3n) is 5.62. The van der Waals surface area contributed by atoms with Gasteiger partial charge in [0.2, 0.25) is 0 Å². The number of amides is 1. The molecule has 1 fully saturated rings. The summed E-state index contributed by atoms with van der Waals surface area (Å²) in [5, 5.41) is 8.78. The van der Waals surface area contributed by atoms with Crippen LogP contribution in [0.3, 0.4) is 0 Å². The molecule has 10 nitrogen and oxygen atoms in total. The summed E-state index contributed by atoms with van der Waals surface area (Å²) < 4.78 is 14.3. The molecule has 0 aliphatic carbocycles. The highest BCUT2D eigenvalue weighted by Gasteiger charge is 2.45. The van der Waals surface area contributed by atoms with Gasteiger partial charge < -0.3 is 14.2 Å². The van der Waals surface area contributed by atoms with Gasteiger partial charge in [-0.15, -0.1) is 0 Å². The van der Waals surface area contributed by atoms with Gasteiger partial charge in [-0.2, -0.15) is 5.10 Å². The number of ether oxygens (including phenoxy) is 1. The molecule has 0 bridgehead atoms. The smallest absolute Gasteiger partial charge is 0.345 e. The number of fused-ring (bicyclic) bond motifs is 2. The number of aromatic nitrogens is 5. The average molecular weight is 384 g/mol. The second kappa shape index (κ2) is 5.74.